The molecule has 0 saturated heterocycles. The molecular weight excluding hydrogens is 473 g/mol. The number of alkyl halides is 3. The number of carbonyl (C=O) groups is 1. The van der Waals surface area contributed by atoms with Gasteiger partial charge in [0.1, 0.15) is 18.1 Å². The SMILES string of the molecule is CCOc1ccc(NS(=O)(=O)c2ccc(C(=O)N(C)Cc3nccn3CC(F)(F)F)cc2)cc1. The molecule has 0 radical (unpaired) electrons. The van der Waals surface area contributed by atoms with Crippen LogP contribution in [0.3, 0.4) is 0 Å². The Balaban J connectivity index is 1.67. The van der Waals surface area contributed by atoms with E-state index in [-0.39, 0.29) is 22.8 Å². The number of carbonyl (C=O) groups excluding carboxylic acids is 1. The molecule has 34 heavy (non-hydrogen) atoms. The minimum absolute atomic E-state index is 0.0543. The predicted molar refractivity (Wildman–Crippen MR) is 119 cm³/mol. The smallest absolute Gasteiger partial charge is 0.406 e. The molecule has 0 unspecified atom stereocenters. The molecule has 0 fully saturated rings. The Bertz CT molecular complexity index is 1220. The van der Waals surface area contributed by atoms with Crippen LogP contribution in [0, 0.1) is 0 Å². The molecule has 0 aliphatic carbocycles. The number of nitrogens with zero attached hydrogens (tertiary/aromatic N) is 3. The zero-order chi connectivity index (χ0) is 24.9. The topological polar surface area (TPSA) is 93.5 Å². The number of halogens is 3. The average Bonchev–Trinajstić information content (AvgIpc) is 3.19. The van der Waals surface area contributed by atoms with Crippen LogP contribution < -0.4 is 9.46 Å². The van der Waals surface area contributed by atoms with Crippen LogP contribution in [0.5, 0.6) is 5.75 Å². The van der Waals surface area contributed by atoms with Crippen molar-refractivity contribution in [1.82, 2.24) is 14.5 Å². The Morgan fingerprint density at radius 2 is 1.76 bits per heavy atom. The zero-order valence-electron chi connectivity index (χ0n) is 18.4. The third-order valence-electron chi connectivity index (χ3n) is 4.71. The van der Waals surface area contributed by atoms with E-state index in [0.717, 1.165) is 4.57 Å². The highest BCUT2D eigenvalue weighted by Gasteiger charge is 2.29. The van der Waals surface area contributed by atoms with Gasteiger partial charge in [-0.2, -0.15) is 13.2 Å². The van der Waals surface area contributed by atoms with Gasteiger partial charge in [-0.15, -0.1) is 0 Å². The van der Waals surface area contributed by atoms with Crippen LogP contribution in [-0.2, 0) is 23.1 Å². The quantitative estimate of drug-likeness (QED) is 0.485. The molecule has 0 saturated carbocycles. The summed E-state index contributed by atoms with van der Waals surface area (Å²) in [6.07, 6.45) is -1.99. The van der Waals surface area contributed by atoms with Gasteiger partial charge < -0.3 is 14.2 Å². The number of benzene rings is 2. The predicted octanol–water partition coefficient (Wildman–Crippen LogP) is 3.92. The number of aromatic nitrogens is 2. The van der Waals surface area contributed by atoms with Gasteiger partial charge in [-0.25, -0.2) is 13.4 Å². The molecule has 2 aromatic carbocycles. The lowest BCUT2D eigenvalue weighted by Crippen LogP contribution is -2.29. The lowest BCUT2D eigenvalue weighted by molar-refractivity contribution is -0.141. The van der Waals surface area contributed by atoms with Crippen molar-refractivity contribution in [3.05, 3.63) is 72.3 Å². The third kappa shape index (κ3) is 6.50. The van der Waals surface area contributed by atoms with Gasteiger partial charge in [0.05, 0.1) is 18.0 Å². The Labute approximate surface area is 195 Å². The van der Waals surface area contributed by atoms with Crippen LogP contribution in [0.4, 0.5) is 18.9 Å². The number of rotatable bonds is 9. The van der Waals surface area contributed by atoms with E-state index >= 15 is 0 Å². The van der Waals surface area contributed by atoms with Crippen molar-refractivity contribution in [3.8, 4) is 5.75 Å². The highest BCUT2D eigenvalue weighted by Crippen LogP contribution is 2.21. The summed E-state index contributed by atoms with van der Waals surface area (Å²) in [6, 6.07) is 11.7. The fraction of sp³-hybridized carbons (Fsp3) is 0.273. The van der Waals surface area contributed by atoms with Crippen molar-refractivity contribution < 1.29 is 31.1 Å². The van der Waals surface area contributed by atoms with Crippen LogP contribution in [-0.4, -0.2) is 48.6 Å². The largest absolute Gasteiger partial charge is 0.494 e. The van der Waals surface area contributed by atoms with Crippen LogP contribution in [0.1, 0.15) is 23.1 Å². The second-order valence-electron chi connectivity index (χ2n) is 7.34. The van der Waals surface area contributed by atoms with Crippen LogP contribution in [0.15, 0.2) is 65.8 Å². The molecular formula is C22H23F3N4O4S. The highest BCUT2D eigenvalue weighted by molar-refractivity contribution is 7.92. The van der Waals surface area contributed by atoms with E-state index < -0.39 is 28.7 Å². The second-order valence-corrected chi connectivity index (χ2v) is 9.02. The molecule has 3 aromatic rings. The third-order valence-corrected chi connectivity index (χ3v) is 6.10. The molecule has 0 bridgehead atoms. The molecule has 0 aliphatic heterocycles. The Hall–Kier alpha value is -3.54. The van der Waals surface area contributed by atoms with Gasteiger partial charge >= 0.3 is 6.18 Å². The van der Waals surface area contributed by atoms with E-state index in [2.05, 4.69) is 9.71 Å². The Kier molecular flexibility index (Phi) is 7.50. The summed E-state index contributed by atoms with van der Waals surface area (Å²) < 4.78 is 72.1. The first-order chi connectivity index (χ1) is 16.0. The number of hydrogen-bond donors (Lipinski definition) is 1. The number of hydrogen-bond acceptors (Lipinski definition) is 5. The minimum Gasteiger partial charge on any atom is -0.494 e. The monoisotopic (exact) mass is 496 g/mol. The first-order valence-electron chi connectivity index (χ1n) is 10.2. The van der Waals surface area contributed by atoms with Crippen molar-refractivity contribution >= 4 is 21.6 Å². The van der Waals surface area contributed by atoms with Crippen LogP contribution in [0.25, 0.3) is 0 Å². The molecule has 0 spiro atoms. The molecule has 1 aromatic heterocycles. The molecule has 8 nitrogen and oxygen atoms in total. The lowest BCUT2D eigenvalue weighted by Gasteiger charge is -2.18. The van der Waals surface area contributed by atoms with Crippen LogP contribution >= 0.6 is 0 Å². The average molecular weight is 497 g/mol. The number of nitrogens with one attached hydrogen (secondary N) is 1. The van der Waals surface area contributed by atoms with E-state index in [1.165, 1.54) is 48.6 Å². The van der Waals surface area contributed by atoms with E-state index in [1.807, 2.05) is 6.92 Å². The van der Waals surface area contributed by atoms with Crippen molar-refractivity contribution in [2.75, 3.05) is 18.4 Å². The minimum atomic E-state index is -4.42. The molecule has 0 aliphatic rings. The second kappa shape index (κ2) is 10.2. The molecule has 182 valence electrons. The number of sulfonamides is 1. The van der Waals surface area contributed by atoms with Gasteiger partial charge in [0, 0.05) is 30.7 Å². The number of amides is 1. The summed E-state index contributed by atoms with van der Waals surface area (Å²) in [6.45, 7) is 0.965. The maximum absolute atomic E-state index is 12.7. The highest BCUT2D eigenvalue weighted by atomic mass is 32.2. The van der Waals surface area contributed by atoms with Gasteiger partial charge in [-0.05, 0) is 55.5 Å². The fourth-order valence-electron chi connectivity index (χ4n) is 3.11. The van der Waals surface area contributed by atoms with Crippen molar-refractivity contribution in [1.29, 1.82) is 0 Å². The van der Waals surface area contributed by atoms with E-state index in [9.17, 15) is 26.4 Å². The Morgan fingerprint density at radius 3 is 2.35 bits per heavy atom. The summed E-state index contributed by atoms with van der Waals surface area (Å²) in [5.41, 5.74) is 0.522. The molecule has 12 heteroatoms. The van der Waals surface area contributed by atoms with Crippen molar-refractivity contribution in [2.45, 2.75) is 31.1 Å². The van der Waals surface area contributed by atoms with E-state index in [4.69, 9.17) is 4.74 Å². The van der Waals surface area contributed by atoms with Gasteiger partial charge in [-0.1, -0.05) is 0 Å². The van der Waals surface area contributed by atoms with Gasteiger partial charge in [0.2, 0.25) is 0 Å². The number of imidazole rings is 1. The normalized spacial score (nSPS) is 11.8. The van der Waals surface area contributed by atoms with E-state index in [1.54, 1.807) is 24.3 Å². The van der Waals surface area contributed by atoms with Crippen molar-refractivity contribution in [2.24, 2.45) is 0 Å². The number of ether oxygens (including phenoxy) is 1. The molecule has 1 amide bonds. The molecule has 1 heterocycles. The molecule has 0 atom stereocenters. The standard InChI is InChI=1S/C22H23F3N4O4S/c1-3-33-18-8-6-17(7-9-18)27-34(31,32)19-10-4-16(5-11-19)21(30)28(2)14-20-26-12-13-29(20)15-22(23,24)25/h4-13,27H,3,14-15H2,1-2H3. The molecule has 1 N–H and O–H groups in total. The first kappa shape index (κ1) is 25.1. The van der Waals surface area contributed by atoms with Gasteiger partial charge in [0.25, 0.3) is 15.9 Å². The summed E-state index contributed by atoms with van der Waals surface area (Å²) in [5, 5.41) is 0. The lowest BCUT2D eigenvalue weighted by atomic mass is 10.2. The van der Waals surface area contributed by atoms with Gasteiger partial charge in [0.15, 0.2) is 0 Å². The van der Waals surface area contributed by atoms with Gasteiger partial charge in [-0.3, -0.25) is 9.52 Å². The maximum Gasteiger partial charge on any atom is 0.406 e. The number of anilines is 1. The van der Waals surface area contributed by atoms with E-state index in [0.29, 0.717) is 18.0 Å². The summed E-state index contributed by atoms with van der Waals surface area (Å²) in [5.74, 6) is 0.190. The maximum atomic E-state index is 12.7. The Morgan fingerprint density at radius 1 is 1.12 bits per heavy atom. The first-order valence-corrected chi connectivity index (χ1v) is 11.6. The fourth-order valence-corrected chi connectivity index (χ4v) is 4.17. The zero-order valence-corrected chi connectivity index (χ0v) is 19.2. The summed E-state index contributed by atoms with van der Waals surface area (Å²) >= 11 is 0. The summed E-state index contributed by atoms with van der Waals surface area (Å²) in [7, 11) is -2.48. The molecule has 3 rings (SSSR count). The summed E-state index contributed by atoms with van der Waals surface area (Å²) in [4.78, 5) is 17.7. The van der Waals surface area contributed by atoms with Crippen molar-refractivity contribution in [3.63, 3.8) is 0 Å². The van der Waals surface area contributed by atoms with Crippen LogP contribution in [0.2, 0.25) is 0 Å².